The highest BCUT2D eigenvalue weighted by molar-refractivity contribution is 6.09. The van der Waals surface area contributed by atoms with E-state index in [1.54, 1.807) is 0 Å². The Morgan fingerprint density at radius 2 is 1.35 bits per heavy atom. The summed E-state index contributed by atoms with van der Waals surface area (Å²) < 4.78 is 21.7. The summed E-state index contributed by atoms with van der Waals surface area (Å²) in [6.07, 6.45) is 7.50. The summed E-state index contributed by atoms with van der Waals surface area (Å²) in [4.78, 5) is 4.94. The van der Waals surface area contributed by atoms with Crippen molar-refractivity contribution in [1.29, 1.82) is 0 Å². The topological polar surface area (TPSA) is 53.4 Å². The van der Waals surface area contributed by atoms with Crippen molar-refractivity contribution in [2.75, 3.05) is 0 Å². The molecular formula is C48H39N5O2. The number of aromatic nitrogens is 5. The van der Waals surface area contributed by atoms with Crippen LogP contribution in [0.3, 0.4) is 0 Å². The highest BCUT2D eigenvalue weighted by Gasteiger charge is 2.23. The Labute approximate surface area is 318 Å². The molecule has 0 bridgehead atoms. The first kappa shape index (κ1) is 32.8. The summed E-state index contributed by atoms with van der Waals surface area (Å²) in [5.74, 6) is 3.74. The third kappa shape index (κ3) is 5.42. The van der Waals surface area contributed by atoms with Crippen LogP contribution >= 0.6 is 0 Å². The Kier molecular flexibility index (Phi) is 7.70. The molecule has 0 fully saturated rings. The number of hydrogen-bond acceptors (Lipinski definition) is 3. The molecule has 6 aromatic carbocycles. The van der Waals surface area contributed by atoms with E-state index in [4.69, 9.17) is 14.1 Å². The van der Waals surface area contributed by atoms with Gasteiger partial charge in [-0.3, -0.25) is 18.1 Å². The van der Waals surface area contributed by atoms with Gasteiger partial charge in [-0.25, -0.2) is 4.98 Å². The Hall–Kier alpha value is -6.86. The summed E-state index contributed by atoms with van der Waals surface area (Å²) in [6.45, 7) is 8.95. The second-order valence-corrected chi connectivity index (χ2v) is 14.7. The van der Waals surface area contributed by atoms with Gasteiger partial charge in [0.05, 0.1) is 45.8 Å². The molecule has 55 heavy (non-hydrogen) atoms. The first-order chi connectivity index (χ1) is 26.9. The lowest BCUT2D eigenvalue weighted by Crippen LogP contribution is -2.29. The summed E-state index contributed by atoms with van der Waals surface area (Å²) in [5, 5.41) is 2.25. The number of imidazole rings is 2. The molecule has 4 heterocycles. The smallest absolute Gasteiger partial charge is 0.269 e. The van der Waals surface area contributed by atoms with Gasteiger partial charge in [0, 0.05) is 22.4 Å². The molecule has 0 N–H and O–H groups in total. The first-order valence-electron chi connectivity index (χ1n) is 18.8. The average molecular weight is 718 g/mol. The molecule has 268 valence electrons. The maximum atomic E-state index is 6.65. The van der Waals surface area contributed by atoms with E-state index in [1.807, 2.05) is 42.6 Å². The van der Waals surface area contributed by atoms with Gasteiger partial charge in [-0.1, -0.05) is 113 Å². The Morgan fingerprint density at radius 1 is 0.655 bits per heavy atom. The zero-order valence-corrected chi connectivity index (χ0v) is 31.1. The van der Waals surface area contributed by atoms with Gasteiger partial charge in [0.1, 0.15) is 11.5 Å². The number of nitrogens with zero attached hydrogens (tertiary/aromatic N) is 5. The molecule has 4 aromatic heterocycles. The fraction of sp³-hybridized carbons (Fsp3) is 0.125. The molecule has 0 aliphatic carbocycles. The summed E-state index contributed by atoms with van der Waals surface area (Å²) in [6, 6.07) is 48.2. The quantitative estimate of drug-likeness (QED) is 0.116. The van der Waals surface area contributed by atoms with Gasteiger partial charge in [0.25, 0.3) is 6.33 Å². The van der Waals surface area contributed by atoms with E-state index >= 15 is 0 Å². The van der Waals surface area contributed by atoms with Crippen LogP contribution in [0.25, 0.3) is 67.2 Å². The van der Waals surface area contributed by atoms with E-state index in [0.717, 1.165) is 67.4 Å². The molecule has 0 unspecified atom stereocenters. The standard InChI is InChI=1S/C48H39N5O2/c1-31(2)37-19-13-20-38(32(3)4)47(37)45-29-50-46(55-45)28-49-48(50)53-41-21-9-8-18-39(41)40-25-24-36(27-44(40)53)54-35-17-12-16-34(26-35)52-30-51(33-14-6-5-7-15-33)42-22-10-11-23-43(42)52/h5-29,31-32H,1-4H3. The van der Waals surface area contributed by atoms with Gasteiger partial charge < -0.3 is 9.15 Å². The second-order valence-electron chi connectivity index (χ2n) is 14.7. The van der Waals surface area contributed by atoms with Crippen LogP contribution in [0, 0.1) is 6.33 Å². The monoisotopic (exact) mass is 717 g/mol. The third-order valence-electron chi connectivity index (χ3n) is 10.6. The van der Waals surface area contributed by atoms with Crippen molar-refractivity contribution in [3.8, 4) is 40.1 Å². The van der Waals surface area contributed by atoms with Crippen LogP contribution in [0.2, 0.25) is 0 Å². The van der Waals surface area contributed by atoms with Crippen LogP contribution in [0.1, 0.15) is 50.7 Å². The minimum atomic E-state index is 0.346. The Morgan fingerprint density at radius 3 is 2.15 bits per heavy atom. The molecule has 0 aliphatic rings. The van der Waals surface area contributed by atoms with Crippen molar-refractivity contribution in [1.82, 2.24) is 18.5 Å². The van der Waals surface area contributed by atoms with E-state index in [0.29, 0.717) is 17.5 Å². The fourth-order valence-corrected chi connectivity index (χ4v) is 7.98. The Bertz CT molecular complexity index is 3010. The molecule has 7 nitrogen and oxygen atoms in total. The molecule has 0 radical (unpaired) electrons. The largest absolute Gasteiger partial charge is 0.458 e. The summed E-state index contributed by atoms with van der Waals surface area (Å²) in [5.41, 5.74) is 10.6. The number of benzene rings is 6. The second kappa shape index (κ2) is 12.9. The number of hydrogen-bond donors (Lipinski definition) is 0. The molecular weight excluding hydrogens is 679 g/mol. The maximum Gasteiger partial charge on any atom is 0.269 e. The van der Waals surface area contributed by atoms with Gasteiger partial charge in [-0.15, -0.1) is 0 Å². The van der Waals surface area contributed by atoms with Crippen molar-refractivity contribution in [3.05, 3.63) is 169 Å². The molecule has 0 atom stereocenters. The van der Waals surface area contributed by atoms with Crippen LogP contribution in [-0.4, -0.2) is 18.5 Å². The maximum absolute atomic E-state index is 6.65. The number of ether oxygens (including phenoxy) is 1. The highest BCUT2D eigenvalue weighted by atomic mass is 16.5. The average Bonchev–Trinajstić information content (AvgIpc) is 3.98. The van der Waals surface area contributed by atoms with E-state index in [-0.39, 0.29) is 0 Å². The predicted molar refractivity (Wildman–Crippen MR) is 219 cm³/mol. The minimum Gasteiger partial charge on any atom is -0.458 e. The zero-order chi connectivity index (χ0) is 37.2. The number of oxazole rings is 1. The highest BCUT2D eigenvalue weighted by Crippen LogP contribution is 2.39. The van der Waals surface area contributed by atoms with Crippen LogP contribution in [0.4, 0.5) is 0 Å². The van der Waals surface area contributed by atoms with Crippen LogP contribution in [0.5, 0.6) is 11.5 Å². The fourth-order valence-electron chi connectivity index (χ4n) is 7.98. The van der Waals surface area contributed by atoms with E-state index in [9.17, 15) is 0 Å². The molecule has 10 aromatic rings. The lowest BCUT2D eigenvalue weighted by molar-refractivity contribution is -0.572. The lowest BCUT2D eigenvalue weighted by atomic mass is 9.88. The number of fused-ring (bicyclic) bond motifs is 5. The molecule has 0 aliphatic heterocycles. The van der Waals surface area contributed by atoms with Gasteiger partial charge in [0.15, 0.2) is 5.76 Å². The van der Waals surface area contributed by atoms with Crippen LogP contribution in [-0.2, 0) is 0 Å². The first-order valence-corrected chi connectivity index (χ1v) is 18.8. The normalized spacial score (nSPS) is 12.0. The SMILES string of the molecule is CC(C)c1cccc(C(C)C)c1-c1cn2c(-n3c4ccccc4c4ccc(Oc5cccc(-n6[c-][n+](-c7ccccc7)c7ccccc76)c5)cc43)ncc2o1. The van der Waals surface area contributed by atoms with Gasteiger partial charge in [-0.05, 0) is 71.5 Å². The minimum absolute atomic E-state index is 0.346. The van der Waals surface area contributed by atoms with Crippen molar-refractivity contribution in [3.63, 3.8) is 0 Å². The molecule has 0 saturated carbocycles. The summed E-state index contributed by atoms with van der Waals surface area (Å²) >= 11 is 0. The van der Waals surface area contributed by atoms with Gasteiger partial charge in [0.2, 0.25) is 11.7 Å². The van der Waals surface area contributed by atoms with Crippen LogP contribution < -0.4 is 9.30 Å². The van der Waals surface area contributed by atoms with Crippen molar-refractivity contribution >= 4 is 38.6 Å². The van der Waals surface area contributed by atoms with Crippen molar-refractivity contribution in [2.45, 2.75) is 39.5 Å². The van der Waals surface area contributed by atoms with Gasteiger partial charge >= 0.3 is 0 Å². The van der Waals surface area contributed by atoms with Crippen molar-refractivity contribution < 1.29 is 13.7 Å². The van der Waals surface area contributed by atoms with Gasteiger partial charge in [-0.2, -0.15) is 0 Å². The predicted octanol–water partition coefficient (Wildman–Crippen LogP) is 11.8. The molecule has 0 amide bonds. The van der Waals surface area contributed by atoms with Crippen molar-refractivity contribution in [2.24, 2.45) is 0 Å². The molecule has 7 heteroatoms. The zero-order valence-electron chi connectivity index (χ0n) is 31.1. The van der Waals surface area contributed by atoms with E-state index in [1.165, 1.54) is 16.7 Å². The van der Waals surface area contributed by atoms with E-state index in [2.05, 4.69) is 161 Å². The number of para-hydroxylation sites is 4. The lowest BCUT2D eigenvalue weighted by Gasteiger charge is -2.17. The summed E-state index contributed by atoms with van der Waals surface area (Å²) in [7, 11) is 0. The Balaban J connectivity index is 1.07. The third-order valence-corrected chi connectivity index (χ3v) is 10.6. The number of rotatable bonds is 8. The molecule has 0 spiro atoms. The molecule has 0 saturated heterocycles. The molecule has 10 rings (SSSR count). The van der Waals surface area contributed by atoms with E-state index < -0.39 is 0 Å². The van der Waals surface area contributed by atoms with Crippen LogP contribution in [0.15, 0.2) is 156 Å².